The molecule has 38 heavy (non-hydrogen) atoms. The molecular formula is C28H34N6O4. The van der Waals surface area contributed by atoms with E-state index >= 15 is 0 Å². The van der Waals surface area contributed by atoms with E-state index in [0.717, 1.165) is 49.4 Å². The Morgan fingerprint density at radius 3 is 2.58 bits per heavy atom. The van der Waals surface area contributed by atoms with Gasteiger partial charge in [-0.15, -0.1) is 0 Å². The summed E-state index contributed by atoms with van der Waals surface area (Å²) in [6, 6.07) is 14.6. The average molecular weight is 519 g/mol. The smallest absolute Gasteiger partial charge is 0.268 e. The summed E-state index contributed by atoms with van der Waals surface area (Å²) in [4.78, 5) is 42.4. The first-order valence-corrected chi connectivity index (χ1v) is 13.0. The minimum absolute atomic E-state index is 0.0450. The molecule has 1 fully saturated rings. The van der Waals surface area contributed by atoms with Gasteiger partial charge in [0.1, 0.15) is 5.69 Å². The van der Waals surface area contributed by atoms with Crippen LogP contribution < -0.4 is 20.9 Å². The van der Waals surface area contributed by atoms with Crippen LogP contribution in [-0.2, 0) is 9.53 Å². The van der Waals surface area contributed by atoms with Crippen molar-refractivity contribution in [3.8, 4) is 0 Å². The fraction of sp³-hybridized carbons (Fsp3) is 0.393. The number of benzene rings is 2. The first-order valence-electron chi connectivity index (χ1n) is 13.0. The molecule has 0 radical (unpaired) electrons. The van der Waals surface area contributed by atoms with Crippen LogP contribution >= 0.6 is 0 Å². The van der Waals surface area contributed by atoms with Gasteiger partial charge in [0.15, 0.2) is 0 Å². The molecule has 200 valence electrons. The summed E-state index contributed by atoms with van der Waals surface area (Å²) in [7, 11) is 3.90. The molecule has 5 rings (SSSR count). The normalized spacial score (nSPS) is 17.5. The Balaban J connectivity index is 1.26. The van der Waals surface area contributed by atoms with Crippen molar-refractivity contribution < 1.29 is 19.1 Å². The summed E-state index contributed by atoms with van der Waals surface area (Å²) in [5.74, 6) is -0.420. The van der Waals surface area contributed by atoms with Crippen molar-refractivity contribution in [3.05, 3.63) is 59.8 Å². The summed E-state index contributed by atoms with van der Waals surface area (Å²) < 4.78 is 7.31. The third kappa shape index (κ3) is 5.66. The first kappa shape index (κ1) is 25.7. The number of nitrogens with one attached hydrogen (secondary N) is 3. The minimum Gasteiger partial charge on any atom is -0.379 e. The van der Waals surface area contributed by atoms with Crippen LogP contribution in [0.5, 0.6) is 0 Å². The van der Waals surface area contributed by atoms with Gasteiger partial charge in [-0.3, -0.25) is 19.3 Å². The molecule has 3 aromatic rings. The van der Waals surface area contributed by atoms with E-state index in [9.17, 15) is 14.4 Å². The Hall–Kier alpha value is -3.89. The van der Waals surface area contributed by atoms with Crippen molar-refractivity contribution in [2.24, 2.45) is 0 Å². The van der Waals surface area contributed by atoms with E-state index in [-0.39, 0.29) is 30.2 Å². The maximum absolute atomic E-state index is 12.8. The van der Waals surface area contributed by atoms with Crippen LogP contribution in [0.3, 0.4) is 0 Å². The molecule has 2 aliphatic heterocycles. The van der Waals surface area contributed by atoms with Crippen molar-refractivity contribution in [3.63, 3.8) is 0 Å². The van der Waals surface area contributed by atoms with E-state index in [4.69, 9.17) is 4.74 Å². The molecule has 3 amide bonds. The molecule has 3 heterocycles. The summed E-state index contributed by atoms with van der Waals surface area (Å²) in [6.45, 7) is 4.99. The standard InChI is InChI=1S/C28H34N6O4/c1-32(2)22-6-3-19(4-7-22)27(36)31-21-5-8-24-20(15-21)16-25-28(37)30-18-23(34(24)25)17-26(35)29-9-10-33-11-13-38-14-12-33/h3-8,15-16,23H,9-14,17-18H2,1-2H3,(H,29,35)(H,30,37)(H,31,36). The predicted octanol–water partition coefficient (Wildman–Crippen LogP) is 2.08. The lowest BCUT2D eigenvalue weighted by atomic mass is 10.1. The molecule has 1 atom stereocenters. The predicted molar refractivity (Wildman–Crippen MR) is 147 cm³/mol. The number of ether oxygens (including phenoxy) is 1. The van der Waals surface area contributed by atoms with Crippen LogP contribution in [0, 0.1) is 0 Å². The number of anilines is 2. The van der Waals surface area contributed by atoms with E-state index in [2.05, 4.69) is 20.9 Å². The second-order valence-corrected chi connectivity index (χ2v) is 9.94. The number of carbonyl (C=O) groups excluding carboxylic acids is 3. The van der Waals surface area contributed by atoms with Crippen molar-refractivity contribution in [2.45, 2.75) is 12.5 Å². The molecule has 1 aromatic heterocycles. The molecule has 10 nitrogen and oxygen atoms in total. The average Bonchev–Trinajstić information content (AvgIpc) is 3.31. The number of morpholine rings is 1. The zero-order valence-electron chi connectivity index (χ0n) is 21.8. The van der Waals surface area contributed by atoms with E-state index in [1.807, 2.05) is 60.0 Å². The van der Waals surface area contributed by atoms with Gasteiger partial charge in [0.2, 0.25) is 5.91 Å². The molecular weight excluding hydrogens is 484 g/mol. The number of rotatable bonds is 8. The maximum Gasteiger partial charge on any atom is 0.268 e. The van der Waals surface area contributed by atoms with Gasteiger partial charge in [0.05, 0.1) is 19.3 Å². The number of amides is 3. The highest BCUT2D eigenvalue weighted by molar-refractivity contribution is 6.06. The minimum atomic E-state index is -0.206. The summed E-state index contributed by atoms with van der Waals surface area (Å²) in [5, 5.41) is 9.70. The molecule has 1 unspecified atom stereocenters. The molecule has 10 heteroatoms. The van der Waals surface area contributed by atoms with Gasteiger partial charge in [-0.1, -0.05) is 0 Å². The monoisotopic (exact) mass is 518 g/mol. The fourth-order valence-electron chi connectivity index (χ4n) is 5.02. The van der Waals surface area contributed by atoms with E-state index < -0.39 is 0 Å². The third-order valence-corrected chi connectivity index (χ3v) is 7.11. The zero-order chi connectivity index (χ0) is 26.6. The topological polar surface area (TPSA) is 108 Å². The van der Waals surface area contributed by atoms with Crippen LogP contribution in [0.4, 0.5) is 11.4 Å². The lowest BCUT2D eigenvalue weighted by Crippen LogP contribution is -2.43. The Labute approximate surface area is 221 Å². The van der Waals surface area contributed by atoms with Crippen LogP contribution in [0.1, 0.15) is 33.3 Å². The van der Waals surface area contributed by atoms with Crippen LogP contribution in [-0.4, -0.2) is 87.2 Å². The third-order valence-electron chi connectivity index (χ3n) is 7.11. The first-order chi connectivity index (χ1) is 18.4. The quantitative estimate of drug-likeness (QED) is 0.422. The highest BCUT2D eigenvalue weighted by atomic mass is 16.5. The van der Waals surface area contributed by atoms with Crippen LogP contribution in [0.2, 0.25) is 0 Å². The molecule has 3 N–H and O–H groups in total. The van der Waals surface area contributed by atoms with E-state index in [0.29, 0.717) is 30.0 Å². The number of aromatic nitrogens is 1. The summed E-state index contributed by atoms with van der Waals surface area (Å²) in [6.07, 6.45) is 0.265. The van der Waals surface area contributed by atoms with Gasteiger partial charge in [-0.2, -0.15) is 0 Å². The van der Waals surface area contributed by atoms with E-state index in [1.165, 1.54) is 0 Å². The van der Waals surface area contributed by atoms with Gasteiger partial charge in [0, 0.05) is 81.1 Å². The molecule has 2 aromatic carbocycles. The zero-order valence-corrected chi connectivity index (χ0v) is 21.8. The van der Waals surface area contributed by atoms with Gasteiger partial charge < -0.3 is 30.2 Å². The number of hydrogen-bond donors (Lipinski definition) is 3. The molecule has 1 saturated heterocycles. The van der Waals surface area contributed by atoms with Crippen molar-refractivity contribution >= 4 is 40.0 Å². The fourth-order valence-corrected chi connectivity index (χ4v) is 5.02. The Morgan fingerprint density at radius 1 is 1.08 bits per heavy atom. The number of fused-ring (bicyclic) bond motifs is 3. The maximum atomic E-state index is 12.8. The number of nitrogens with zero attached hydrogens (tertiary/aromatic N) is 3. The van der Waals surface area contributed by atoms with Crippen molar-refractivity contribution in [1.82, 2.24) is 20.1 Å². The molecule has 2 aliphatic rings. The molecule has 0 bridgehead atoms. The molecule has 0 aliphatic carbocycles. The van der Waals surface area contributed by atoms with Crippen molar-refractivity contribution in [2.75, 3.05) is 70.2 Å². The lowest BCUT2D eigenvalue weighted by molar-refractivity contribution is -0.121. The molecule has 0 saturated carbocycles. The van der Waals surface area contributed by atoms with Crippen LogP contribution in [0.15, 0.2) is 48.5 Å². The summed E-state index contributed by atoms with van der Waals surface area (Å²) >= 11 is 0. The van der Waals surface area contributed by atoms with Gasteiger partial charge in [0.25, 0.3) is 11.8 Å². The highest BCUT2D eigenvalue weighted by Gasteiger charge is 2.29. The summed E-state index contributed by atoms with van der Waals surface area (Å²) in [5.41, 5.74) is 3.58. The number of hydrogen-bond acceptors (Lipinski definition) is 6. The Morgan fingerprint density at radius 2 is 1.84 bits per heavy atom. The van der Waals surface area contributed by atoms with E-state index in [1.54, 1.807) is 12.1 Å². The largest absolute Gasteiger partial charge is 0.379 e. The SMILES string of the molecule is CN(C)c1ccc(C(=O)Nc2ccc3c(c2)cc2n3C(CC(=O)NCCN3CCOCC3)CNC2=O)cc1. The number of carbonyl (C=O) groups is 3. The second-order valence-electron chi connectivity index (χ2n) is 9.94. The second kappa shape index (κ2) is 11.2. The van der Waals surface area contributed by atoms with Gasteiger partial charge >= 0.3 is 0 Å². The Bertz CT molecular complexity index is 1330. The lowest BCUT2D eigenvalue weighted by Gasteiger charge is -2.28. The highest BCUT2D eigenvalue weighted by Crippen LogP contribution is 2.30. The van der Waals surface area contributed by atoms with Crippen LogP contribution in [0.25, 0.3) is 10.9 Å². The Kier molecular flexibility index (Phi) is 7.62. The molecule has 0 spiro atoms. The van der Waals surface area contributed by atoms with Gasteiger partial charge in [-0.25, -0.2) is 0 Å². The van der Waals surface area contributed by atoms with Gasteiger partial charge in [-0.05, 0) is 48.5 Å². The van der Waals surface area contributed by atoms with Crippen molar-refractivity contribution in [1.29, 1.82) is 0 Å².